The van der Waals surface area contributed by atoms with Gasteiger partial charge in [-0.05, 0) is 58.2 Å². The Hall–Kier alpha value is -1.70. The van der Waals surface area contributed by atoms with E-state index in [1.807, 2.05) is 12.1 Å². The number of halogens is 2. The van der Waals surface area contributed by atoms with Gasteiger partial charge in [0.1, 0.15) is 11.6 Å². The van der Waals surface area contributed by atoms with Gasteiger partial charge >= 0.3 is 0 Å². The van der Waals surface area contributed by atoms with Crippen LogP contribution >= 0.6 is 0 Å². The van der Waals surface area contributed by atoms with Crippen LogP contribution in [0.4, 0.5) is 8.78 Å². The van der Waals surface area contributed by atoms with E-state index < -0.39 is 0 Å². The third-order valence-corrected chi connectivity index (χ3v) is 4.11. The number of rotatable bonds is 3. The highest BCUT2D eigenvalue weighted by molar-refractivity contribution is 5.37. The fourth-order valence-electron chi connectivity index (χ4n) is 2.93. The Morgan fingerprint density at radius 1 is 0.818 bits per heavy atom. The molecule has 0 radical (unpaired) electrons. The Bertz CT molecular complexity index is 664. The largest absolute Gasteiger partial charge is 0.207 e. The Labute approximate surface area is 132 Å². The lowest BCUT2D eigenvalue weighted by Gasteiger charge is -2.30. The third-order valence-electron chi connectivity index (χ3n) is 4.11. The maximum atomic E-state index is 13.7. The van der Waals surface area contributed by atoms with Crippen molar-refractivity contribution in [3.63, 3.8) is 0 Å². The minimum atomic E-state index is -0.268. The molecule has 2 rings (SSSR count). The lowest BCUT2D eigenvalue weighted by Crippen LogP contribution is -2.24. The van der Waals surface area contributed by atoms with Crippen molar-refractivity contribution in [3.05, 3.63) is 70.8 Å². The highest BCUT2D eigenvalue weighted by Gasteiger charge is 2.26. The molecule has 0 amide bonds. The van der Waals surface area contributed by atoms with Crippen LogP contribution in [0.1, 0.15) is 51.3 Å². The normalized spacial score (nSPS) is 12.5. The summed E-state index contributed by atoms with van der Waals surface area (Å²) in [6.45, 7) is 10.5. The van der Waals surface area contributed by atoms with Crippen LogP contribution in [0, 0.1) is 11.6 Å². The van der Waals surface area contributed by atoms with Gasteiger partial charge in [-0.3, -0.25) is 0 Å². The monoisotopic (exact) mass is 302 g/mol. The summed E-state index contributed by atoms with van der Waals surface area (Å²) in [5, 5.41) is 0. The fourth-order valence-corrected chi connectivity index (χ4v) is 2.93. The van der Waals surface area contributed by atoms with Crippen LogP contribution in [-0.2, 0) is 17.3 Å². The molecule has 0 nitrogen and oxygen atoms in total. The van der Waals surface area contributed by atoms with Crippen molar-refractivity contribution in [3.8, 4) is 0 Å². The smallest absolute Gasteiger partial charge is 0.123 e. The quantitative estimate of drug-likeness (QED) is 0.674. The van der Waals surface area contributed by atoms with E-state index in [0.717, 1.165) is 16.7 Å². The summed E-state index contributed by atoms with van der Waals surface area (Å²) >= 11 is 0. The van der Waals surface area contributed by atoms with Crippen LogP contribution in [0.15, 0.2) is 42.5 Å². The maximum Gasteiger partial charge on any atom is 0.123 e. The van der Waals surface area contributed by atoms with Crippen molar-refractivity contribution in [1.29, 1.82) is 0 Å². The number of benzene rings is 2. The van der Waals surface area contributed by atoms with Gasteiger partial charge in [-0.15, -0.1) is 0 Å². The van der Waals surface area contributed by atoms with E-state index in [0.29, 0.717) is 6.42 Å². The summed E-state index contributed by atoms with van der Waals surface area (Å²) in [6, 6.07) is 11.7. The van der Waals surface area contributed by atoms with E-state index in [-0.39, 0.29) is 22.5 Å². The van der Waals surface area contributed by atoms with Crippen LogP contribution in [0.25, 0.3) is 0 Å². The van der Waals surface area contributed by atoms with Gasteiger partial charge in [0.25, 0.3) is 0 Å². The van der Waals surface area contributed by atoms with E-state index in [4.69, 9.17) is 0 Å². The van der Waals surface area contributed by atoms with Crippen molar-refractivity contribution in [2.24, 2.45) is 0 Å². The van der Waals surface area contributed by atoms with Crippen LogP contribution < -0.4 is 0 Å². The molecule has 0 atom stereocenters. The van der Waals surface area contributed by atoms with E-state index in [1.54, 1.807) is 18.2 Å². The maximum absolute atomic E-state index is 13.7. The summed E-state index contributed by atoms with van der Waals surface area (Å²) in [5.41, 5.74) is 2.73. The third kappa shape index (κ3) is 3.73. The predicted octanol–water partition coefficient (Wildman–Crippen LogP) is 5.78. The molecule has 0 spiro atoms. The average molecular weight is 302 g/mol. The molecule has 0 aliphatic heterocycles. The van der Waals surface area contributed by atoms with E-state index in [9.17, 15) is 8.78 Å². The molecule has 0 fully saturated rings. The fraction of sp³-hybridized carbons (Fsp3) is 0.400. The highest BCUT2D eigenvalue weighted by Crippen LogP contribution is 2.33. The van der Waals surface area contributed by atoms with Crippen LogP contribution in [0.3, 0.4) is 0 Å². The topological polar surface area (TPSA) is 0 Å². The molecule has 118 valence electrons. The summed E-state index contributed by atoms with van der Waals surface area (Å²) in [7, 11) is 0. The molecule has 0 aliphatic rings. The Kier molecular flexibility index (Phi) is 4.42. The zero-order chi connectivity index (χ0) is 16.5. The molecule has 0 heterocycles. The van der Waals surface area contributed by atoms with E-state index in [2.05, 4.69) is 34.6 Å². The van der Waals surface area contributed by atoms with Crippen LogP contribution in [-0.4, -0.2) is 0 Å². The first kappa shape index (κ1) is 16.7. The van der Waals surface area contributed by atoms with Crippen molar-refractivity contribution in [2.75, 3.05) is 0 Å². The van der Waals surface area contributed by atoms with Gasteiger partial charge in [0.2, 0.25) is 0 Å². The first-order valence-corrected chi connectivity index (χ1v) is 7.64. The van der Waals surface area contributed by atoms with Gasteiger partial charge in [-0.25, -0.2) is 8.78 Å². The van der Waals surface area contributed by atoms with Gasteiger partial charge in [0, 0.05) is 0 Å². The molecule has 0 saturated heterocycles. The lowest BCUT2D eigenvalue weighted by molar-refractivity contribution is 0.498. The van der Waals surface area contributed by atoms with Crippen molar-refractivity contribution in [1.82, 2.24) is 0 Å². The molecule has 0 bridgehead atoms. The zero-order valence-corrected chi connectivity index (χ0v) is 14.0. The van der Waals surface area contributed by atoms with E-state index >= 15 is 0 Å². The second-order valence-corrected chi connectivity index (χ2v) is 7.62. The first-order chi connectivity index (χ1) is 10.1. The van der Waals surface area contributed by atoms with Gasteiger partial charge in [0.05, 0.1) is 0 Å². The van der Waals surface area contributed by atoms with Gasteiger partial charge in [-0.1, -0.05) is 52.8 Å². The molecule has 2 heteroatoms. The summed E-state index contributed by atoms with van der Waals surface area (Å²) in [5.74, 6) is -0.459. The lowest BCUT2D eigenvalue weighted by atomic mass is 9.75. The van der Waals surface area contributed by atoms with Crippen molar-refractivity contribution >= 4 is 0 Å². The molecule has 22 heavy (non-hydrogen) atoms. The summed E-state index contributed by atoms with van der Waals surface area (Å²) < 4.78 is 27.2. The highest BCUT2D eigenvalue weighted by atomic mass is 19.1. The van der Waals surface area contributed by atoms with Gasteiger partial charge in [0.15, 0.2) is 0 Å². The second-order valence-electron chi connectivity index (χ2n) is 7.62. The minimum absolute atomic E-state index is 0.0545. The van der Waals surface area contributed by atoms with Gasteiger partial charge in [-0.2, -0.15) is 0 Å². The molecule has 0 aromatic heterocycles. The predicted molar refractivity (Wildman–Crippen MR) is 88.2 cm³/mol. The van der Waals surface area contributed by atoms with Gasteiger partial charge < -0.3 is 0 Å². The molecule has 2 aromatic rings. The molecule has 2 aromatic carbocycles. The minimum Gasteiger partial charge on any atom is -0.207 e. The molecule has 0 aliphatic carbocycles. The molecule has 0 saturated carbocycles. The SMILES string of the molecule is CC(C)(C)c1ccc(F)cc1CC(C)(C)c1cccc(F)c1. The van der Waals surface area contributed by atoms with Crippen molar-refractivity contribution in [2.45, 2.75) is 51.9 Å². The molecular formula is C20H24F2. The van der Waals surface area contributed by atoms with Crippen LogP contribution in [0.2, 0.25) is 0 Å². The Morgan fingerprint density at radius 2 is 1.45 bits per heavy atom. The van der Waals surface area contributed by atoms with Crippen LogP contribution in [0.5, 0.6) is 0 Å². The number of hydrogen-bond acceptors (Lipinski definition) is 0. The first-order valence-electron chi connectivity index (χ1n) is 7.64. The Balaban J connectivity index is 2.43. The molecule has 0 N–H and O–H groups in total. The summed E-state index contributed by atoms with van der Waals surface area (Å²) in [4.78, 5) is 0. The zero-order valence-electron chi connectivity index (χ0n) is 14.0. The standard InChI is InChI=1S/C20H24F2/c1-19(2,3)18-10-9-17(22)11-14(18)13-20(4,5)15-7-6-8-16(21)12-15/h6-12H,13H2,1-5H3. The number of hydrogen-bond donors (Lipinski definition) is 0. The second kappa shape index (κ2) is 5.83. The average Bonchev–Trinajstić information content (AvgIpc) is 2.36. The molecule has 0 unspecified atom stereocenters. The van der Waals surface area contributed by atoms with Crippen molar-refractivity contribution < 1.29 is 8.78 Å². The summed E-state index contributed by atoms with van der Waals surface area (Å²) in [6.07, 6.45) is 0.667. The molecular weight excluding hydrogens is 278 g/mol. The van der Waals surface area contributed by atoms with E-state index in [1.165, 1.54) is 12.1 Å². The Morgan fingerprint density at radius 3 is 2.05 bits per heavy atom.